The number of aromatic nitrogens is 1. The van der Waals surface area contributed by atoms with Crippen LogP contribution in [0.15, 0.2) is 47.8 Å². The first-order valence-electron chi connectivity index (χ1n) is 8.36. The Kier molecular flexibility index (Phi) is 13.4. The Bertz CT molecular complexity index is 730. The average molecular weight is 429 g/mol. The summed E-state index contributed by atoms with van der Waals surface area (Å²) in [6.45, 7) is 1.35. The fourth-order valence-corrected chi connectivity index (χ4v) is 2.28. The number of nitrogens with one attached hydrogen (secondary N) is 2. The van der Waals surface area contributed by atoms with E-state index in [0.717, 1.165) is 29.8 Å². The molecule has 0 aliphatic heterocycles. The Morgan fingerprint density at radius 2 is 1.93 bits per heavy atom. The summed E-state index contributed by atoms with van der Waals surface area (Å²) in [7, 11) is 3.24. The number of hydrogen-bond donors (Lipinski definition) is 2. The molecule has 1 aromatic carbocycles. The molecule has 0 aliphatic carbocycles. The molecule has 1 aromatic heterocycles. The van der Waals surface area contributed by atoms with Crippen molar-refractivity contribution in [3.63, 3.8) is 0 Å². The third kappa shape index (κ3) is 9.03. The van der Waals surface area contributed by atoms with Gasteiger partial charge in [-0.2, -0.15) is 5.10 Å². The quantitative estimate of drug-likeness (QED) is 0.345. The predicted octanol–water partition coefficient (Wildman–Crippen LogP) is 2.61. The topological polar surface area (TPSA) is 84.8 Å². The third-order valence-corrected chi connectivity index (χ3v) is 3.65. The molecule has 0 saturated heterocycles. The van der Waals surface area contributed by atoms with Crippen LogP contribution in [0.2, 0.25) is 0 Å². The maximum atomic E-state index is 11.7. The Balaban J connectivity index is 0.00000364. The summed E-state index contributed by atoms with van der Waals surface area (Å²) in [6, 6.07) is 9.52. The minimum atomic E-state index is -0.135. The van der Waals surface area contributed by atoms with E-state index < -0.39 is 0 Å². The highest BCUT2D eigenvalue weighted by Gasteiger charge is 2.04. The fourth-order valence-electron chi connectivity index (χ4n) is 2.28. The molecule has 0 aliphatic rings. The number of methoxy groups -OCH3 is 2. The lowest BCUT2D eigenvalue weighted by atomic mass is 10.1. The minimum Gasteiger partial charge on any atom is -0.493 e. The van der Waals surface area contributed by atoms with Crippen molar-refractivity contribution in [3.8, 4) is 11.5 Å². The van der Waals surface area contributed by atoms with Gasteiger partial charge in [-0.3, -0.25) is 9.78 Å². The summed E-state index contributed by atoms with van der Waals surface area (Å²) in [5, 5.41) is 7.15. The van der Waals surface area contributed by atoms with E-state index in [9.17, 15) is 4.79 Å². The highest BCUT2D eigenvalue weighted by molar-refractivity contribution is 5.85. The lowest BCUT2D eigenvalue weighted by molar-refractivity contribution is -0.120. The number of benzene rings is 1. The van der Waals surface area contributed by atoms with Crippen molar-refractivity contribution in [2.75, 3.05) is 27.3 Å². The number of rotatable bonds is 10. The maximum Gasteiger partial charge on any atom is 0.241 e. The van der Waals surface area contributed by atoms with Gasteiger partial charge in [0, 0.05) is 30.9 Å². The van der Waals surface area contributed by atoms with Crippen molar-refractivity contribution in [2.45, 2.75) is 12.8 Å². The van der Waals surface area contributed by atoms with Gasteiger partial charge in [-0.15, -0.1) is 24.8 Å². The number of hydrogen-bond acceptors (Lipinski definition) is 6. The van der Waals surface area contributed by atoms with Gasteiger partial charge in [0.05, 0.1) is 20.4 Å². The molecule has 0 unspecified atom stereocenters. The van der Waals surface area contributed by atoms with E-state index in [1.807, 2.05) is 30.3 Å². The number of carbonyl (C=O) groups excluding carboxylic acids is 1. The third-order valence-electron chi connectivity index (χ3n) is 3.65. The number of pyridine rings is 1. The summed E-state index contributed by atoms with van der Waals surface area (Å²) in [5.41, 5.74) is 4.47. The van der Waals surface area contributed by atoms with Crippen LogP contribution in [0.4, 0.5) is 0 Å². The highest BCUT2D eigenvalue weighted by Crippen LogP contribution is 2.27. The molecule has 1 heterocycles. The molecule has 2 N–H and O–H groups in total. The lowest BCUT2D eigenvalue weighted by Gasteiger charge is -2.10. The number of ether oxygens (including phenoxy) is 2. The molecule has 0 bridgehead atoms. The molecule has 0 fully saturated rings. The van der Waals surface area contributed by atoms with Crippen molar-refractivity contribution in [1.29, 1.82) is 0 Å². The van der Waals surface area contributed by atoms with Crippen LogP contribution in [-0.4, -0.2) is 44.4 Å². The van der Waals surface area contributed by atoms with E-state index in [2.05, 4.69) is 20.8 Å². The van der Waals surface area contributed by atoms with Gasteiger partial charge in [0.15, 0.2) is 11.5 Å². The Morgan fingerprint density at radius 1 is 1.14 bits per heavy atom. The Labute approximate surface area is 177 Å². The molecule has 28 heavy (non-hydrogen) atoms. The molecule has 0 atom stereocenters. The van der Waals surface area contributed by atoms with Crippen LogP contribution in [-0.2, 0) is 11.2 Å². The summed E-state index contributed by atoms with van der Waals surface area (Å²) in [5.74, 6) is 1.30. The monoisotopic (exact) mass is 428 g/mol. The molecule has 0 saturated carbocycles. The van der Waals surface area contributed by atoms with Crippen LogP contribution in [0.1, 0.15) is 17.5 Å². The zero-order chi connectivity index (χ0) is 18.6. The van der Waals surface area contributed by atoms with Crippen molar-refractivity contribution in [2.24, 2.45) is 5.10 Å². The molecule has 0 radical (unpaired) electrons. The number of halogens is 2. The molecule has 154 valence electrons. The van der Waals surface area contributed by atoms with Crippen LogP contribution in [0.5, 0.6) is 11.5 Å². The Morgan fingerprint density at radius 3 is 2.61 bits per heavy atom. The van der Waals surface area contributed by atoms with Crippen LogP contribution in [0, 0.1) is 0 Å². The second-order valence-electron chi connectivity index (χ2n) is 5.52. The molecule has 1 amide bonds. The smallest absolute Gasteiger partial charge is 0.241 e. The Hall–Kier alpha value is -2.35. The molecule has 0 spiro atoms. The SMILES string of the molecule is COc1ccc(CCNCCC(=O)NN=Cc2cccnc2)cc1OC.Cl.Cl. The van der Waals surface area contributed by atoms with Crippen molar-refractivity contribution in [1.82, 2.24) is 15.7 Å². The average Bonchev–Trinajstić information content (AvgIpc) is 2.68. The van der Waals surface area contributed by atoms with Crippen molar-refractivity contribution in [3.05, 3.63) is 53.9 Å². The van der Waals surface area contributed by atoms with Gasteiger partial charge in [0.2, 0.25) is 5.91 Å². The van der Waals surface area contributed by atoms with E-state index in [1.165, 1.54) is 0 Å². The first-order valence-corrected chi connectivity index (χ1v) is 8.36. The van der Waals surface area contributed by atoms with E-state index in [4.69, 9.17) is 9.47 Å². The van der Waals surface area contributed by atoms with Crippen molar-refractivity contribution >= 4 is 36.9 Å². The molecule has 2 aromatic rings. The number of hydrazone groups is 1. The fraction of sp³-hybridized carbons (Fsp3) is 0.316. The van der Waals surface area contributed by atoms with Crippen LogP contribution in [0.25, 0.3) is 0 Å². The minimum absolute atomic E-state index is 0. The summed E-state index contributed by atoms with van der Waals surface area (Å²) in [6.07, 6.45) is 6.11. The normalized spacial score (nSPS) is 9.93. The molecular weight excluding hydrogens is 403 g/mol. The van der Waals surface area contributed by atoms with Gasteiger partial charge in [0.1, 0.15) is 0 Å². The van der Waals surface area contributed by atoms with Gasteiger partial charge >= 0.3 is 0 Å². The first kappa shape index (κ1) is 25.6. The predicted molar refractivity (Wildman–Crippen MR) is 115 cm³/mol. The van der Waals surface area contributed by atoms with Gasteiger partial charge in [-0.05, 0) is 36.7 Å². The lowest BCUT2D eigenvalue weighted by Crippen LogP contribution is -2.25. The molecule has 9 heteroatoms. The summed E-state index contributed by atoms with van der Waals surface area (Å²) in [4.78, 5) is 15.7. The largest absolute Gasteiger partial charge is 0.493 e. The van der Waals surface area contributed by atoms with E-state index in [-0.39, 0.29) is 30.7 Å². The second kappa shape index (κ2) is 14.7. The number of amides is 1. The van der Waals surface area contributed by atoms with Crippen LogP contribution >= 0.6 is 24.8 Å². The van der Waals surface area contributed by atoms with E-state index in [1.54, 1.807) is 32.8 Å². The number of nitrogens with zero attached hydrogens (tertiary/aromatic N) is 2. The maximum absolute atomic E-state index is 11.7. The van der Waals surface area contributed by atoms with Gasteiger partial charge in [-0.1, -0.05) is 12.1 Å². The number of carbonyl (C=O) groups is 1. The standard InChI is InChI=1S/C19H24N4O3.2ClH/c1-25-17-6-5-15(12-18(17)26-2)7-10-20-11-8-19(24)23-22-14-16-4-3-9-21-13-16;;/h3-6,9,12-14,20H,7-8,10-11H2,1-2H3,(H,23,24);2*1H. The van der Waals surface area contributed by atoms with Gasteiger partial charge < -0.3 is 14.8 Å². The van der Waals surface area contributed by atoms with Gasteiger partial charge in [-0.25, -0.2) is 5.43 Å². The van der Waals surface area contributed by atoms with Crippen LogP contribution < -0.4 is 20.2 Å². The zero-order valence-electron chi connectivity index (χ0n) is 15.9. The molecule has 7 nitrogen and oxygen atoms in total. The first-order chi connectivity index (χ1) is 12.7. The van der Waals surface area contributed by atoms with E-state index >= 15 is 0 Å². The van der Waals surface area contributed by atoms with E-state index in [0.29, 0.717) is 18.7 Å². The summed E-state index contributed by atoms with van der Waals surface area (Å²) < 4.78 is 10.5. The highest BCUT2D eigenvalue weighted by atomic mass is 35.5. The van der Waals surface area contributed by atoms with Gasteiger partial charge in [0.25, 0.3) is 0 Å². The zero-order valence-corrected chi connectivity index (χ0v) is 17.5. The van der Waals surface area contributed by atoms with Crippen LogP contribution in [0.3, 0.4) is 0 Å². The van der Waals surface area contributed by atoms with Crippen molar-refractivity contribution < 1.29 is 14.3 Å². The second-order valence-corrected chi connectivity index (χ2v) is 5.52. The molecule has 2 rings (SSSR count). The summed E-state index contributed by atoms with van der Waals surface area (Å²) >= 11 is 0. The molecular formula is C19H26Cl2N4O3.